The Bertz CT molecular complexity index is 1070. The van der Waals surface area contributed by atoms with E-state index in [0.717, 1.165) is 11.1 Å². The minimum absolute atomic E-state index is 0.0288. The minimum atomic E-state index is -3.95. The van der Waals surface area contributed by atoms with Crippen LogP contribution in [-0.2, 0) is 26.6 Å². The predicted octanol–water partition coefficient (Wildman–Crippen LogP) is 2.61. The second-order valence-corrected chi connectivity index (χ2v) is 9.35. The summed E-state index contributed by atoms with van der Waals surface area (Å²) in [5, 5.41) is 2.83. The molecular formula is C21H27N3O5S. The van der Waals surface area contributed by atoms with Crippen LogP contribution in [0.2, 0.25) is 0 Å². The highest BCUT2D eigenvalue weighted by atomic mass is 32.2. The zero-order valence-corrected chi connectivity index (χ0v) is 18.5. The molecular weight excluding hydrogens is 406 g/mol. The van der Waals surface area contributed by atoms with Crippen molar-refractivity contribution < 1.29 is 22.7 Å². The molecule has 1 saturated heterocycles. The zero-order valence-electron chi connectivity index (χ0n) is 17.6. The molecule has 0 saturated carbocycles. The summed E-state index contributed by atoms with van der Waals surface area (Å²) in [7, 11) is -2.36. The normalized spacial score (nSPS) is 17.1. The molecule has 0 spiro atoms. The van der Waals surface area contributed by atoms with Crippen molar-refractivity contribution in [2.24, 2.45) is 7.05 Å². The topological polar surface area (TPSA) is 97.7 Å². The Morgan fingerprint density at radius 1 is 1.20 bits per heavy atom. The van der Waals surface area contributed by atoms with Crippen LogP contribution in [0.1, 0.15) is 41.4 Å². The fraction of sp³-hybridized carbons (Fsp3) is 0.429. The highest BCUT2D eigenvalue weighted by Crippen LogP contribution is 2.28. The molecule has 1 aromatic heterocycles. The molecule has 2 heterocycles. The van der Waals surface area contributed by atoms with E-state index in [1.54, 1.807) is 20.0 Å². The van der Waals surface area contributed by atoms with Gasteiger partial charge in [0.05, 0.1) is 6.61 Å². The number of amides is 1. The van der Waals surface area contributed by atoms with E-state index >= 15 is 0 Å². The lowest BCUT2D eigenvalue weighted by molar-refractivity contribution is -0.119. The second kappa shape index (κ2) is 8.61. The number of ether oxygens (including phenoxy) is 1. The van der Waals surface area contributed by atoms with Gasteiger partial charge in [0.25, 0.3) is 0 Å². The lowest BCUT2D eigenvalue weighted by Gasteiger charge is -2.23. The van der Waals surface area contributed by atoms with Gasteiger partial charge >= 0.3 is 5.97 Å². The van der Waals surface area contributed by atoms with Crippen LogP contribution in [0.15, 0.2) is 35.4 Å². The molecule has 30 heavy (non-hydrogen) atoms. The summed E-state index contributed by atoms with van der Waals surface area (Å²) in [5.74, 6) is -0.951. The van der Waals surface area contributed by atoms with Crippen LogP contribution in [0, 0.1) is 13.8 Å². The number of aryl methyl sites for hydroxylation is 3. The molecule has 1 atom stereocenters. The smallest absolute Gasteiger partial charge is 0.354 e. The van der Waals surface area contributed by atoms with Crippen molar-refractivity contribution in [2.75, 3.05) is 18.5 Å². The maximum Gasteiger partial charge on any atom is 0.354 e. The molecule has 9 heteroatoms. The Balaban J connectivity index is 1.83. The average molecular weight is 434 g/mol. The summed E-state index contributed by atoms with van der Waals surface area (Å²) >= 11 is 0. The molecule has 2 aromatic rings. The fourth-order valence-corrected chi connectivity index (χ4v) is 5.28. The van der Waals surface area contributed by atoms with Gasteiger partial charge in [-0.3, -0.25) is 4.79 Å². The SMILES string of the molecule is CCOC(=O)c1cc(S(=O)(=O)N2CCC[C@@H]2C(=O)Nc2ccc(C)c(C)c2)cn1C. The fourth-order valence-electron chi connectivity index (χ4n) is 3.55. The Morgan fingerprint density at radius 2 is 1.93 bits per heavy atom. The van der Waals surface area contributed by atoms with Crippen molar-refractivity contribution in [3.63, 3.8) is 0 Å². The predicted molar refractivity (Wildman–Crippen MR) is 113 cm³/mol. The van der Waals surface area contributed by atoms with Crippen LogP contribution >= 0.6 is 0 Å². The number of nitrogens with one attached hydrogen (secondary N) is 1. The highest BCUT2D eigenvalue weighted by molar-refractivity contribution is 7.89. The van der Waals surface area contributed by atoms with Crippen LogP contribution in [0.25, 0.3) is 0 Å². The van der Waals surface area contributed by atoms with E-state index in [1.807, 2.05) is 26.0 Å². The highest BCUT2D eigenvalue weighted by Gasteiger charge is 2.40. The number of anilines is 1. The second-order valence-electron chi connectivity index (χ2n) is 7.45. The lowest BCUT2D eigenvalue weighted by atomic mass is 10.1. The first kappa shape index (κ1) is 22.0. The maximum atomic E-state index is 13.2. The summed E-state index contributed by atoms with van der Waals surface area (Å²) < 4.78 is 34.1. The summed E-state index contributed by atoms with van der Waals surface area (Å²) in [6.07, 6.45) is 2.40. The number of esters is 1. The van der Waals surface area contributed by atoms with Crippen molar-refractivity contribution in [1.29, 1.82) is 0 Å². The van der Waals surface area contributed by atoms with Crippen LogP contribution in [-0.4, -0.2) is 48.4 Å². The largest absolute Gasteiger partial charge is 0.461 e. The van der Waals surface area contributed by atoms with E-state index in [9.17, 15) is 18.0 Å². The third-order valence-electron chi connectivity index (χ3n) is 5.35. The molecule has 1 aliphatic heterocycles. The standard InChI is InChI=1S/C21H27N3O5S/c1-5-29-21(26)19-12-17(13-23(19)4)30(27,28)24-10-6-7-18(24)20(25)22-16-9-8-14(2)15(3)11-16/h8-9,11-13,18H,5-7,10H2,1-4H3,(H,22,25)/t18-/m1/s1. The summed E-state index contributed by atoms with van der Waals surface area (Å²) in [4.78, 5) is 24.9. The molecule has 162 valence electrons. The first-order valence-corrected chi connectivity index (χ1v) is 11.3. The van der Waals surface area contributed by atoms with Gasteiger partial charge in [0.2, 0.25) is 15.9 Å². The zero-order chi connectivity index (χ0) is 22.1. The van der Waals surface area contributed by atoms with E-state index < -0.39 is 22.0 Å². The Hall–Kier alpha value is -2.65. The number of hydrogen-bond donors (Lipinski definition) is 1. The van der Waals surface area contributed by atoms with Gasteiger partial charge in [-0.25, -0.2) is 13.2 Å². The Labute approximate surface area is 176 Å². The number of carbonyl (C=O) groups excluding carboxylic acids is 2. The summed E-state index contributed by atoms with van der Waals surface area (Å²) in [5.41, 5.74) is 2.93. The summed E-state index contributed by atoms with van der Waals surface area (Å²) in [6, 6.07) is 6.07. The van der Waals surface area contributed by atoms with Gasteiger partial charge in [0.1, 0.15) is 16.6 Å². The van der Waals surface area contributed by atoms with Crippen molar-refractivity contribution >= 4 is 27.6 Å². The number of sulfonamides is 1. The molecule has 1 fully saturated rings. The van der Waals surface area contributed by atoms with E-state index in [4.69, 9.17) is 4.74 Å². The number of carbonyl (C=O) groups is 2. The van der Waals surface area contributed by atoms with Crippen LogP contribution in [0.3, 0.4) is 0 Å². The number of rotatable bonds is 6. The van der Waals surface area contributed by atoms with Gasteiger partial charge in [-0.05, 0) is 62.9 Å². The van der Waals surface area contributed by atoms with Gasteiger partial charge < -0.3 is 14.6 Å². The number of aromatic nitrogens is 1. The first-order chi connectivity index (χ1) is 14.1. The van der Waals surface area contributed by atoms with Crippen molar-refractivity contribution in [2.45, 2.75) is 44.6 Å². The number of hydrogen-bond acceptors (Lipinski definition) is 5. The molecule has 8 nitrogen and oxygen atoms in total. The minimum Gasteiger partial charge on any atom is -0.461 e. The van der Waals surface area contributed by atoms with Crippen LogP contribution in [0.4, 0.5) is 5.69 Å². The molecule has 1 amide bonds. The van der Waals surface area contributed by atoms with Gasteiger partial charge in [-0.15, -0.1) is 0 Å². The van der Waals surface area contributed by atoms with Gasteiger partial charge in [0, 0.05) is 25.5 Å². The van der Waals surface area contributed by atoms with Crippen LogP contribution in [0.5, 0.6) is 0 Å². The average Bonchev–Trinajstić information content (AvgIpc) is 3.32. The Morgan fingerprint density at radius 3 is 2.60 bits per heavy atom. The molecule has 0 unspecified atom stereocenters. The third kappa shape index (κ3) is 4.27. The van der Waals surface area contributed by atoms with E-state index in [1.165, 1.54) is 21.1 Å². The van der Waals surface area contributed by atoms with E-state index in [2.05, 4.69) is 5.32 Å². The monoisotopic (exact) mass is 433 g/mol. The first-order valence-electron chi connectivity index (χ1n) is 9.88. The summed E-state index contributed by atoms with van der Waals surface area (Å²) in [6.45, 7) is 6.06. The molecule has 3 rings (SSSR count). The lowest BCUT2D eigenvalue weighted by Crippen LogP contribution is -2.43. The van der Waals surface area contributed by atoms with Gasteiger partial charge in [-0.2, -0.15) is 4.31 Å². The van der Waals surface area contributed by atoms with Crippen molar-refractivity contribution in [1.82, 2.24) is 8.87 Å². The quantitative estimate of drug-likeness (QED) is 0.706. The van der Waals surface area contributed by atoms with Crippen LogP contribution < -0.4 is 5.32 Å². The Kier molecular flexibility index (Phi) is 6.33. The van der Waals surface area contributed by atoms with Crippen molar-refractivity contribution in [3.8, 4) is 0 Å². The third-order valence-corrected chi connectivity index (χ3v) is 7.23. The van der Waals surface area contributed by atoms with Gasteiger partial charge in [0.15, 0.2) is 0 Å². The molecule has 0 aliphatic carbocycles. The molecule has 1 aromatic carbocycles. The number of nitrogens with zero attached hydrogens (tertiary/aromatic N) is 2. The molecule has 1 aliphatic rings. The molecule has 0 bridgehead atoms. The molecule has 0 radical (unpaired) electrons. The van der Waals surface area contributed by atoms with Crippen molar-refractivity contribution in [3.05, 3.63) is 47.3 Å². The maximum absolute atomic E-state index is 13.2. The molecule has 1 N–H and O–H groups in total. The van der Waals surface area contributed by atoms with Gasteiger partial charge in [-0.1, -0.05) is 6.07 Å². The van der Waals surface area contributed by atoms with E-state index in [0.29, 0.717) is 18.5 Å². The van der Waals surface area contributed by atoms with E-state index in [-0.39, 0.29) is 29.6 Å². The number of benzene rings is 1.